The number of hydrogen-bond donors (Lipinski definition) is 0. The minimum absolute atomic E-state index is 0.000580. The maximum atomic E-state index is 2.58. The van der Waals surface area contributed by atoms with Gasteiger partial charge in [0.1, 0.15) is 0 Å². The summed E-state index contributed by atoms with van der Waals surface area (Å²) in [5.74, 6) is 0.604. The zero-order valence-electron chi connectivity index (χ0n) is 34.4. The lowest BCUT2D eigenvalue weighted by molar-refractivity contribution is 0.635. The van der Waals surface area contributed by atoms with Crippen molar-refractivity contribution in [2.24, 2.45) is 0 Å². The van der Waals surface area contributed by atoms with Crippen LogP contribution in [0.3, 0.4) is 0 Å². The molecule has 1 heteroatoms. The molecule has 1 heterocycles. The number of allylic oxidation sites excluding steroid dienone is 3. The Kier molecular flexibility index (Phi) is 7.64. The largest absolute Gasteiger partial charge is 0.336 e. The van der Waals surface area contributed by atoms with Gasteiger partial charge in [0.2, 0.25) is 0 Å². The van der Waals surface area contributed by atoms with Crippen molar-refractivity contribution in [3.05, 3.63) is 214 Å². The van der Waals surface area contributed by atoms with Gasteiger partial charge in [0.25, 0.3) is 0 Å². The first-order chi connectivity index (χ1) is 28.1. The Balaban J connectivity index is 1.08. The Morgan fingerprint density at radius 1 is 0.517 bits per heavy atom. The van der Waals surface area contributed by atoms with E-state index < -0.39 is 0 Å². The van der Waals surface area contributed by atoms with E-state index in [4.69, 9.17) is 0 Å². The van der Waals surface area contributed by atoms with Crippen LogP contribution in [0.2, 0.25) is 0 Å². The van der Waals surface area contributed by atoms with Gasteiger partial charge in [-0.1, -0.05) is 162 Å². The molecule has 0 aromatic heterocycles. The van der Waals surface area contributed by atoms with Crippen LogP contribution in [0, 0.1) is 0 Å². The van der Waals surface area contributed by atoms with Gasteiger partial charge in [0.05, 0.1) is 0 Å². The molecule has 0 amide bonds. The third kappa shape index (κ3) is 5.02. The van der Waals surface area contributed by atoms with Gasteiger partial charge in [-0.25, -0.2) is 0 Å². The molecule has 2 unspecified atom stereocenters. The maximum Gasteiger partial charge on any atom is 0.0491 e. The second kappa shape index (κ2) is 12.7. The summed E-state index contributed by atoms with van der Waals surface area (Å²) in [4.78, 5) is 2.49. The Labute approximate surface area is 344 Å². The summed E-state index contributed by atoms with van der Waals surface area (Å²) >= 11 is 0. The normalized spacial score (nSPS) is 19.7. The number of rotatable bonds is 4. The van der Waals surface area contributed by atoms with Crippen LogP contribution in [-0.4, -0.2) is 6.54 Å². The molecule has 2 atom stereocenters. The Hall–Kier alpha value is -6.18. The number of nitrogens with zero attached hydrogens (tertiary/aromatic N) is 1. The lowest BCUT2D eigenvalue weighted by Crippen LogP contribution is -2.20. The first-order valence-electron chi connectivity index (χ1n) is 21.1. The maximum absolute atomic E-state index is 2.58. The van der Waals surface area contributed by atoms with Gasteiger partial charge in [-0.3, -0.25) is 0 Å². The van der Waals surface area contributed by atoms with Crippen molar-refractivity contribution in [3.8, 4) is 33.4 Å². The van der Waals surface area contributed by atoms with Gasteiger partial charge in [-0.15, -0.1) is 0 Å². The smallest absolute Gasteiger partial charge is 0.0491 e. The molecular formula is C57H49N. The van der Waals surface area contributed by atoms with Gasteiger partial charge < -0.3 is 4.90 Å². The fourth-order valence-electron chi connectivity index (χ4n) is 11.1. The number of hydrogen-bond acceptors (Lipinski definition) is 1. The molecule has 0 saturated heterocycles. The first kappa shape index (κ1) is 35.0. The summed E-state index contributed by atoms with van der Waals surface area (Å²) in [6.07, 6.45) is 2.50. The van der Waals surface area contributed by atoms with Crippen molar-refractivity contribution in [2.45, 2.75) is 64.2 Å². The Bertz CT molecular complexity index is 2880. The second-order valence-electron chi connectivity index (χ2n) is 18.2. The molecule has 1 nitrogen and oxygen atoms in total. The van der Waals surface area contributed by atoms with E-state index in [1.165, 1.54) is 106 Å². The van der Waals surface area contributed by atoms with Crippen LogP contribution in [0.4, 0.5) is 11.4 Å². The average molecular weight is 748 g/mol. The molecule has 4 aliphatic rings. The summed E-state index contributed by atoms with van der Waals surface area (Å²) in [7, 11) is 0. The first-order valence-corrected chi connectivity index (χ1v) is 21.1. The number of anilines is 2. The third-order valence-corrected chi connectivity index (χ3v) is 14.5. The van der Waals surface area contributed by atoms with Crippen LogP contribution in [0.25, 0.3) is 44.5 Å². The molecule has 11 rings (SSSR count). The van der Waals surface area contributed by atoms with Crippen LogP contribution < -0.4 is 4.90 Å². The molecule has 0 saturated carbocycles. The van der Waals surface area contributed by atoms with E-state index in [1.807, 2.05) is 0 Å². The highest BCUT2D eigenvalue weighted by atomic mass is 15.2. The Morgan fingerprint density at radius 2 is 1.12 bits per heavy atom. The van der Waals surface area contributed by atoms with Crippen LogP contribution >= 0.6 is 0 Å². The monoisotopic (exact) mass is 747 g/mol. The molecule has 58 heavy (non-hydrogen) atoms. The van der Waals surface area contributed by atoms with Crippen molar-refractivity contribution in [1.29, 1.82) is 0 Å². The lowest BCUT2D eigenvalue weighted by Gasteiger charge is -2.36. The van der Waals surface area contributed by atoms with E-state index in [1.54, 1.807) is 0 Å². The van der Waals surface area contributed by atoms with E-state index in [9.17, 15) is 0 Å². The summed E-state index contributed by atoms with van der Waals surface area (Å²) in [5.41, 5.74) is 25.8. The molecule has 7 aromatic rings. The van der Waals surface area contributed by atoms with E-state index >= 15 is 0 Å². The number of fused-ring (bicyclic) bond motifs is 8. The summed E-state index contributed by atoms with van der Waals surface area (Å²) < 4.78 is 0. The zero-order valence-corrected chi connectivity index (χ0v) is 34.4. The fourth-order valence-corrected chi connectivity index (χ4v) is 11.1. The van der Waals surface area contributed by atoms with Crippen LogP contribution in [-0.2, 0) is 10.8 Å². The standard InChI is InChI=1S/C57H49N/c1-35-42-27-25-38(30-47(42)48-32-49-44-22-14-16-24-52(44)57(5,6)53(49)33-50(48)55(35)37-17-9-7-10-18-37)39-26-28-54-46(29-39)40(34-58(54)41-19-11-8-12-20-41)31-45-36(2)56(3,4)51-23-15-13-21-43(45)51/h7-33,35,55H,34H2,1-6H3. The predicted octanol–water partition coefficient (Wildman–Crippen LogP) is 14.9. The molecule has 0 fully saturated rings. The van der Waals surface area contributed by atoms with E-state index in [2.05, 4.69) is 210 Å². The van der Waals surface area contributed by atoms with Gasteiger partial charge in [-0.2, -0.15) is 0 Å². The minimum atomic E-state index is -0.0538. The number of benzene rings is 7. The molecule has 0 spiro atoms. The molecule has 0 bridgehead atoms. The van der Waals surface area contributed by atoms with Crippen molar-refractivity contribution < 1.29 is 0 Å². The molecular weight excluding hydrogens is 699 g/mol. The lowest BCUT2D eigenvalue weighted by atomic mass is 9.67. The van der Waals surface area contributed by atoms with Crippen molar-refractivity contribution in [1.82, 2.24) is 0 Å². The minimum Gasteiger partial charge on any atom is -0.336 e. The summed E-state index contributed by atoms with van der Waals surface area (Å²) in [6, 6.07) is 59.7. The van der Waals surface area contributed by atoms with E-state index in [-0.39, 0.29) is 16.7 Å². The molecule has 1 aliphatic heterocycles. The third-order valence-electron chi connectivity index (χ3n) is 14.5. The van der Waals surface area contributed by atoms with Crippen LogP contribution in [0.5, 0.6) is 0 Å². The Morgan fingerprint density at radius 3 is 1.86 bits per heavy atom. The topological polar surface area (TPSA) is 3.24 Å². The van der Waals surface area contributed by atoms with Gasteiger partial charge in [0.15, 0.2) is 0 Å². The highest BCUT2D eigenvalue weighted by Crippen LogP contribution is 2.57. The van der Waals surface area contributed by atoms with Crippen molar-refractivity contribution in [3.63, 3.8) is 0 Å². The van der Waals surface area contributed by atoms with Crippen LogP contribution in [0.15, 0.2) is 169 Å². The average Bonchev–Trinajstić information content (AvgIpc) is 3.80. The highest BCUT2D eigenvalue weighted by Gasteiger charge is 2.40. The van der Waals surface area contributed by atoms with Crippen molar-refractivity contribution in [2.75, 3.05) is 11.4 Å². The van der Waals surface area contributed by atoms with Crippen LogP contribution in [0.1, 0.15) is 97.9 Å². The van der Waals surface area contributed by atoms with E-state index in [0.29, 0.717) is 5.92 Å². The van der Waals surface area contributed by atoms with Gasteiger partial charge in [0, 0.05) is 40.2 Å². The predicted molar refractivity (Wildman–Crippen MR) is 245 cm³/mol. The molecule has 282 valence electrons. The molecule has 3 aliphatic carbocycles. The molecule has 0 N–H and O–H groups in total. The van der Waals surface area contributed by atoms with E-state index in [0.717, 1.165) is 6.54 Å². The summed E-state index contributed by atoms with van der Waals surface area (Å²) in [5, 5.41) is 0. The number of para-hydroxylation sites is 1. The quantitative estimate of drug-likeness (QED) is 0.173. The fraction of sp³-hybridized carbons (Fsp3) is 0.193. The molecule has 0 radical (unpaired) electrons. The van der Waals surface area contributed by atoms with Crippen molar-refractivity contribution >= 4 is 22.5 Å². The highest BCUT2D eigenvalue weighted by molar-refractivity contribution is 5.99. The van der Waals surface area contributed by atoms with Gasteiger partial charge >= 0.3 is 0 Å². The molecule has 7 aromatic carbocycles. The summed E-state index contributed by atoms with van der Waals surface area (Å²) in [6.45, 7) is 15.1. The second-order valence-corrected chi connectivity index (χ2v) is 18.2. The SMILES string of the molecule is CC1=C(C=C2CN(c3ccccc3)c3ccc(-c4ccc5c(c4)-c4cc6c(cc4C(c4ccccc4)C5C)C(C)(C)c4ccccc4-6)cc32)c2ccccc2C1(C)C. The van der Waals surface area contributed by atoms with Gasteiger partial charge in [-0.05, 0) is 139 Å². The zero-order chi connectivity index (χ0) is 39.5.